The molecule has 0 aliphatic rings. The third kappa shape index (κ3) is 4.05. The first-order chi connectivity index (χ1) is 9.52. The van der Waals surface area contributed by atoms with Gasteiger partial charge in [0.2, 0.25) is 0 Å². The van der Waals surface area contributed by atoms with Crippen LogP contribution in [0.2, 0.25) is 0 Å². The summed E-state index contributed by atoms with van der Waals surface area (Å²) in [6.07, 6.45) is -0.398. The number of esters is 1. The zero-order chi connectivity index (χ0) is 15.1. The van der Waals surface area contributed by atoms with E-state index in [4.69, 9.17) is 9.84 Å². The maximum atomic E-state index is 11.9. The predicted molar refractivity (Wildman–Crippen MR) is 77.1 cm³/mol. The second kappa shape index (κ2) is 8.01. The summed E-state index contributed by atoms with van der Waals surface area (Å²) in [5, 5.41) is 19.6. The van der Waals surface area contributed by atoms with Gasteiger partial charge in [0.15, 0.2) is 6.10 Å². The first-order valence-electron chi connectivity index (χ1n) is 6.28. The number of aliphatic carboxylic acids is 1. The van der Waals surface area contributed by atoms with Gasteiger partial charge in [0.05, 0.1) is 12.2 Å². The zero-order valence-corrected chi connectivity index (χ0v) is 12.7. The minimum absolute atomic E-state index is 0.105. The normalized spacial score (nSPS) is 11.9. The summed E-state index contributed by atoms with van der Waals surface area (Å²) in [6, 6.07) is 4.85. The number of carboxylic acids is 1. The van der Waals surface area contributed by atoms with E-state index < -0.39 is 18.0 Å². The van der Waals surface area contributed by atoms with E-state index in [1.54, 1.807) is 19.1 Å². The van der Waals surface area contributed by atoms with Crippen LogP contribution in [-0.2, 0) is 16.0 Å². The van der Waals surface area contributed by atoms with Gasteiger partial charge in [0.1, 0.15) is 0 Å². The second-order valence-corrected chi connectivity index (χ2v) is 4.93. The summed E-state index contributed by atoms with van der Waals surface area (Å²) in [5.41, 5.74) is 0.873. The number of ether oxygens (including phenoxy) is 1. The Hall–Kier alpha value is -1.40. The molecule has 0 aliphatic heterocycles. The molecule has 0 aromatic heterocycles. The summed E-state index contributed by atoms with van der Waals surface area (Å²) >= 11 is 3.30. The smallest absolute Gasteiger partial charge is 0.338 e. The molecule has 0 radical (unpaired) electrons. The summed E-state index contributed by atoms with van der Waals surface area (Å²) in [4.78, 5) is 22.9. The van der Waals surface area contributed by atoms with Crippen molar-refractivity contribution in [3.05, 3.63) is 34.9 Å². The third-order valence-corrected chi connectivity index (χ3v) is 3.34. The number of hydrogen-bond acceptors (Lipinski definition) is 4. The molecule has 0 saturated carbocycles. The fourth-order valence-electron chi connectivity index (χ4n) is 1.92. The number of carbonyl (C=O) groups excluding carboxylic acids is 1. The number of carbonyl (C=O) groups is 2. The van der Waals surface area contributed by atoms with Gasteiger partial charge in [-0.05, 0) is 31.4 Å². The van der Waals surface area contributed by atoms with E-state index in [-0.39, 0.29) is 17.7 Å². The van der Waals surface area contributed by atoms with Crippen LogP contribution in [0.15, 0.2) is 18.2 Å². The average Bonchev–Trinajstić information content (AvgIpc) is 2.43. The van der Waals surface area contributed by atoms with Crippen LogP contribution in [0.3, 0.4) is 0 Å². The molecule has 1 rings (SSSR count). The summed E-state index contributed by atoms with van der Waals surface area (Å²) in [7, 11) is 0. The molecule has 110 valence electrons. The van der Waals surface area contributed by atoms with Crippen molar-refractivity contribution in [3.8, 4) is 0 Å². The van der Waals surface area contributed by atoms with Gasteiger partial charge in [-0.2, -0.15) is 0 Å². The Morgan fingerprint density at radius 2 is 2.10 bits per heavy atom. The molecular formula is C14H17BrO5. The highest BCUT2D eigenvalue weighted by molar-refractivity contribution is 9.09. The Labute approximate surface area is 125 Å². The van der Waals surface area contributed by atoms with Gasteiger partial charge in [-0.15, -0.1) is 0 Å². The molecule has 0 bridgehead atoms. The van der Waals surface area contributed by atoms with E-state index in [0.717, 1.165) is 11.8 Å². The van der Waals surface area contributed by atoms with Gasteiger partial charge in [-0.3, -0.25) is 0 Å². The lowest BCUT2D eigenvalue weighted by atomic mass is 9.93. The molecule has 6 heteroatoms. The number of carboxylic acid groups (broad SMARTS) is 1. The van der Waals surface area contributed by atoms with E-state index in [2.05, 4.69) is 15.9 Å². The fraction of sp³-hybridized carbons (Fsp3) is 0.429. The molecule has 0 spiro atoms. The number of halogens is 1. The molecule has 20 heavy (non-hydrogen) atoms. The molecule has 0 amide bonds. The molecule has 1 unspecified atom stereocenters. The Balaban J connectivity index is 3.28. The van der Waals surface area contributed by atoms with Gasteiger partial charge in [0.25, 0.3) is 0 Å². The summed E-state index contributed by atoms with van der Waals surface area (Å²) in [5.74, 6) is -2.01. The lowest BCUT2D eigenvalue weighted by Gasteiger charge is -2.16. The molecular weight excluding hydrogens is 328 g/mol. The number of alkyl halides is 1. The Kier molecular flexibility index (Phi) is 6.67. The molecule has 0 fully saturated rings. The van der Waals surface area contributed by atoms with Gasteiger partial charge < -0.3 is 14.9 Å². The van der Waals surface area contributed by atoms with E-state index >= 15 is 0 Å². The quantitative estimate of drug-likeness (QED) is 0.585. The van der Waals surface area contributed by atoms with Crippen LogP contribution in [0.1, 0.15) is 40.9 Å². The SMILES string of the molecule is CCOC(=O)c1cccc(CCCBr)c1C(O)C(=O)O. The monoisotopic (exact) mass is 344 g/mol. The van der Waals surface area contributed by atoms with Crippen LogP contribution >= 0.6 is 15.9 Å². The topological polar surface area (TPSA) is 83.8 Å². The number of aliphatic hydroxyl groups excluding tert-OH is 1. The second-order valence-electron chi connectivity index (χ2n) is 4.13. The maximum Gasteiger partial charge on any atom is 0.338 e. The number of rotatable bonds is 7. The number of aryl methyl sites for hydroxylation is 1. The zero-order valence-electron chi connectivity index (χ0n) is 11.1. The lowest BCUT2D eigenvalue weighted by Crippen LogP contribution is -2.18. The summed E-state index contributed by atoms with van der Waals surface area (Å²) in [6.45, 7) is 1.85. The van der Waals surface area contributed by atoms with Crippen LogP contribution < -0.4 is 0 Å². The van der Waals surface area contributed by atoms with Crippen LogP contribution in [0.5, 0.6) is 0 Å². The van der Waals surface area contributed by atoms with Crippen LogP contribution in [-0.4, -0.2) is 34.1 Å². The number of benzene rings is 1. The largest absolute Gasteiger partial charge is 0.479 e. The van der Waals surface area contributed by atoms with E-state index in [0.29, 0.717) is 12.0 Å². The van der Waals surface area contributed by atoms with Crippen molar-refractivity contribution in [2.75, 3.05) is 11.9 Å². The van der Waals surface area contributed by atoms with Crippen molar-refractivity contribution in [1.29, 1.82) is 0 Å². The molecule has 1 aromatic rings. The minimum Gasteiger partial charge on any atom is -0.479 e. The standard InChI is InChI=1S/C14H17BrO5/c1-2-20-14(19)10-7-3-5-9(6-4-8-15)11(10)12(16)13(17)18/h3,5,7,12,16H,2,4,6,8H2,1H3,(H,17,18). The van der Waals surface area contributed by atoms with Crippen LogP contribution in [0, 0.1) is 0 Å². The van der Waals surface area contributed by atoms with E-state index in [9.17, 15) is 14.7 Å². The molecule has 5 nitrogen and oxygen atoms in total. The first-order valence-corrected chi connectivity index (χ1v) is 7.40. The molecule has 2 N–H and O–H groups in total. The van der Waals surface area contributed by atoms with Gasteiger partial charge in [0, 0.05) is 10.9 Å². The van der Waals surface area contributed by atoms with Crippen molar-refractivity contribution >= 4 is 27.9 Å². The first kappa shape index (κ1) is 16.7. The Morgan fingerprint density at radius 1 is 1.40 bits per heavy atom. The van der Waals surface area contributed by atoms with Crippen molar-refractivity contribution < 1.29 is 24.5 Å². The molecule has 1 aromatic carbocycles. The van der Waals surface area contributed by atoms with E-state index in [1.165, 1.54) is 6.07 Å². The van der Waals surface area contributed by atoms with Crippen molar-refractivity contribution in [3.63, 3.8) is 0 Å². The third-order valence-electron chi connectivity index (χ3n) is 2.78. The Bertz CT molecular complexity index is 486. The van der Waals surface area contributed by atoms with E-state index in [1.807, 2.05) is 0 Å². The van der Waals surface area contributed by atoms with Crippen molar-refractivity contribution in [2.45, 2.75) is 25.9 Å². The van der Waals surface area contributed by atoms with Crippen molar-refractivity contribution in [2.24, 2.45) is 0 Å². The van der Waals surface area contributed by atoms with Crippen LogP contribution in [0.4, 0.5) is 0 Å². The van der Waals surface area contributed by atoms with Gasteiger partial charge in [-0.1, -0.05) is 28.1 Å². The predicted octanol–water partition coefficient (Wildman–Crippen LogP) is 2.31. The highest BCUT2D eigenvalue weighted by Crippen LogP contribution is 2.25. The van der Waals surface area contributed by atoms with Gasteiger partial charge in [-0.25, -0.2) is 9.59 Å². The number of hydrogen-bond donors (Lipinski definition) is 2. The minimum atomic E-state index is -1.74. The molecule has 0 saturated heterocycles. The van der Waals surface area contributed by atoms with Gasteiger partial charge >= 0.3 is 11.9 Å². The summed E-state index contributed by atoms with van der Waals surface area (Å²) < 4.78 is 4.91. The molecule has 0 heterocycles. The lowest BCUT2D eigenvalue weighted by molar-refractivity contribution is -0.147. The highest BCUT2D eigenvalue weighted by atomic mass is 79.9. The van der Waals surface area contributed by atoms with Crippen LogP contribution in [0.25, 0.3) is 0 Å². The fourth-order valence-corrected chi connectivity index (χ4v) is 2.20. The average molecular weight is 345 g/mol. The number of aliphatic hydroxyl groups is 1. The molecule has 0 aliphatic carbocycles. The highest BCUT2D eigenvalue weighted by Gasteiger charge is 2.26. The Morgan fingerprint density at radius 3 is 2.65 bits per heavy atom. The van der Waals surface area contributed by atoms with Crippen molar-refractivity contribution in [1.82, 2.24) is 0 Å². The molecule has 1 atom stereocenters. The maximum absolute atomic E-state index is 11.9.